The third-order valence-corrected chi connectivity index (χ3v) is 2.51. The van der Waals surface area contributed by atoms with E-state index in [0.29, 0.717) is 0 Å². The highest BCUT2D eigenvalue weighted by Crippen LogP contribution is 2.23. The van der Waals surface area contributed by atoms with Gasteiger partial charge in [-0.05, 0) is 44.4 Å². The third kappa shape index (κ3) is 2.10. The van der Waals surface area contributed by atoms with E-state index in [-0.39, 0.29) is 12.5 Å². The van der Waals surface area contributed by atoms with Gasteiger partial charge in [0.05, 0.1) is 0 Å². The fourth-order valence-electron chi connectivity index (χ4n) is 1.60. The third-order valence-electron chi connectivity index (χ3n) is 2.51. The van der Waals surface area contributed by atoms with E-state index >= 15 is 0 Å². The number of hydrogen-bond donors (Lipinski definition) is 1. The van der Waals surface area contributed by atoms with Gasteiger partial charge < -0.3 is 5.11 Å². The van der Waals surface area contributed by atoms with Crippen LogP contribution < -0.4 is 0 Å². The first kappa shape index (κ1) is 10.3. The highest BCUT2D eigenvalue weighted by molar-refractivity contribution is 5.39. The molecule has 1 radical (unpaired) electrons. The van der Waals surface area contributed by atoms with Gasteiger partial charge in [-0.2, -0.15) is 0 Å². The maximum Gasteiger partial charge on any atom is 0.0499 e. The monoisotopic (exact) mass is 177 g/mol. The van der Waals surface area contributed by atoms with Crippen molar-refractivity contribution in [1.82, 2.24) is 0 Å². The minimum absolute atomic E-state index is 0.00130. The van der Waals surface area contributed by atoms with Gasteiger partial charge in [-0.25, -0.2) is 0 Å². The molecule has 0 aliphatic heterocycles. The van der Waals surface area contributed by atoms with E-state index in [4.69, 9.17) is 5.11 Å². The second kappa shape index (κ2) is 3.93. The molecule has 71 valence electrons. The topological polar surface area (TPSA) is 20.2 Å². The van der Waals surface area contributed by atoms with Crippen molar-refractivity contribution in [2.45, 2.75) is 26.7 Å². The van der Waals surface area contributed by atoms with E-state index < -0.39 is 0 Å². The quantitative estimate of drug-likeness (QED) is 0.736. The van der Waals surface area contributed by atoms with Gasteiger partial charge in [-0.1, -0.05) is 17.7 Å². The largest absolute Gasteiger partial charge is 0.396 e. The molecule has 0 bridgehead atoms. The molecule has 0 amide bonds. The molecule has 0 aromatic heterocycles. The molecule has 0 aliphatic rings. The molecule has 0 saturated heterocycles. The van der Waals surface area contributed by atoms with Crippen molar-refractivity contribution >= 4 is 0 Å². The van der Waals surface area contributed by atoms with Gasteiger partial charge in [-0.3, -0.25) is 0 Å². The van der Waals surface area contributed by atoms with Crippen LogP contribution in [0.2, 0.25) is 0 Å². The summed E-state index contributed by atoms with van der Waals surface area (Å²) < 4.78 is 0. The van der Waals surface area contributed by atoms with Crippen LogP contribution in [-0.2, 0) is 0 Å². The molecule has 1 unspecified atom stereocenters. The number of aliphatic hydroxyl groups excluding tert-OH is 1. The molecule has 1 heteroatoms. The van der Waals surface area contributed by atoms with E-state index in [1.54, 1.807) is 0 Å². The SMILES string of the molecule is [CH2]C(CO)c1cc(C)cc(C)c1C. The molecule has 0 aliphatic carbocycles. The van der Waals surface area contributed by atoms with Gasteiger partial charge >= 0.3 is 0 Å². The van der Waals surface area contributed by atoms with Crippen LogP contribution in [0.5, 0.6) is 0 Å². The van der Waals surface area contributed by atoms with Gasteiger partial charge in [0.25, 0.3) is 0 Å². The van der Waals surface area contributed by atoms with Gasteiger partial charge in [-0.15, -0.1) is 0 Å². The minimum atomic E-state index is -0.00130. The minimum Gasteiger partial charge on any atom is -0.396 e. The highest BCUT2D eigenvalue weighted by Gasteiger charge is 2.09. The highest BCUT2D eigenvalue weighted by atomic mass is 16.3. The number of aryl methyl sites for hydroxylation is 2. The Bertz CT molecular complexity index is 302. The fraction of sp³-hybridized carbons (Fsp3) is 0.417. The van der Waals surface area contributed by atoms with Crippen LogP contribution in [0, 0.1) is 27.7 Å². The van der Waals surface area contributed by atoms with E-state index in [0.717, 1.165) is 0 Å². The lowest BCUT2D eigenvalue weighted by molar-refractivity contribution is 0.282. The van der Waals surface area contributed by atoms with Crippen molar-refractivity contribution in [2.75, 3.05) is 6.61 Å². The first-order chi connectivity index (χ1) is 6.06. The van der Waals surface area contributed by atoms with Crippen molar-refractivity contribution in [3.8, 4) is 0 Å². The maximum atomic E-state index is 9.03. The number of aliphatic hydroxyl groups is 1. The fourth-order valence-corrected chi connectivity index (χ4v) is 1.60. The smallest absolute Gasteiger partial charge is 0.0499 e. The first-order valence-electron chi connectivity index (χ1n) is 4.58. The summed E-state index contributed by atoms with van der Waals surface area (Å²) in [6.45, 7) is 10.3. The lowest BCUT2D eigenvalue weighted by Gasteiger charge is -2.14. The molecule has 0 fully saturated rings. The second-order valence-electron chi connectivity index (χ2n) is 3.68. The Morgan fingerprint density at radius 2 is 1.92 bits per heavy atom. The van der Waals surface area contributed by atoms with Crippen LogP contribution in [0.3, 0.4) is 0 Å². The summed E-state index contributed by atoms with van der Waals surface area (Å²) in [5.41, 5.74) is 4.93. The molecule has 0 saturated carbocycles. The zero-order valence-corrected chi connectivity index (χ0v) is 8.59. The Morgan fingerprint density at radius 3 is 2.46 bits per heavy atom. The van der Waals surface area contributed by atoms with Crippen LogP contribution >= 0.6 is 0 Å². The van der Waals surface area contributed by atoms with Crippen LogP contribution in [0.15, 0.2) is 12.1 Å². The van der Waals surface area contributed by atoms with E-state index in [1.165, 1.54) is 22.3 Å². The summed E-state index contributed by atoms with van der Waals surface area (Å²) in [5.74, 6) is -0.00130. The Hall–Kier alpha value is -0.820. The molecule has 1 atom stereocenters. The standard InChI is InChI=1S/C12H17O/c1-8-5-9(2)11(4)12(6-8)10(3)7-13/h5-6,10,13H,3,7H2,1-2,4H3. The summed E-state index contributed by atoms with van der Waals surface area (Å²) >= 11 is 0. The van der Waals surface area contributed by atoms with Gasteiger partial charge in [0.1, 0.15) is 0 Å². The average molecular weight is 177 g/mol. The second-order valence-corrected chi connectivity index (χ2v) is 3.68. The lowest BCUT2D eigenvalue weighted by Crippen LogP contribution is -2.03. The van der Waals surface area contributed by atoms with Crippen LogP contribution in [0.1, 0.15) is 28.2 Å². The molecule has 0 spiro atoms. The summed E-state index contributed by atoms with van der Waals surface area (Å²) in [5, 5.41) is 9.03. The Kier molecular flexibility index (Phi) is 3.10. The van der Waals surface area contributed by atoms with Gasteiger partial charge in [0, 0.05) is 12.5 Å². The van der Waals surface area contributed by atoms with Crippen LogP contribution in [-0.4, -0.2) is 11.7 Å². The summed E-state index contributed by atoms with van der Waals surface area (Å²) in [7, 11) is 0. The van der Waals surface area contributed by atoms with Crippen molar-refractivity contribution in [3.63, 3.8) is 0 Å². The van der Waals surface area contributed by atoms with Crippen molar-refractivity contribution in [3.05, 3.63) is 41.3 Å². The Morgan fingerprint density at radius 1 is 1.31 bits per heavy atom. The number of hydrogen-bond acceptors (Lipinski definition) is 1. The van der Waals surface area contributed by atoms with Crippen molar-refractivity contribution in [2.24, 2.45) is 0 Å². The first-order valence-corrected chi connectivity index (χ1v) is 4.58. The molecular formula is C12H17O. The molecule has 1 rings (SSSR count). The molecule has 13 heavy (non-hydrogen) atoms. The molecule has 1 N–H and O–H groups in total. The molecule has 0 heterocycles. The Balaban J connectivity index is 3.20. The van der Waals surface area contributed by atoms with Crippen molar-refractivity contribution in [1.29, 1.82) is 0 Å². The zero-order valence-electron chi connectivity index (χ0n) is 8.59. The summed E-state index contributed by atoms with van der Waals surface area (Å²) in [6.07, 6.45) is 0. The predicted octanol–water partition coefficient (Wildman–Crippen LogP) is 2.52. The van der Waals surface area contributed by atoms with Gasteiger partial charge in [0.15, 0.2) is 0 Å². The predicted molar refractivity (Wildman–Crippen MR) is 55.8 cm³/mol. The average Bonchev–Trinajstić information content (AvgIpc) is 2.10. The van der Waals surface area contributed by atoms with E-state index in [1.807, 2.05) is 0 Å². The van der Waals surface area contributed by atoms with Crippen molar-refractivity contribution < 1.29 is 5.11 Å². The maximum absolute atomic E-state index is 9.03. The summed E-state index contributed by atoms with van der Waals surface area (Å²) in [6, 6.07) is 4.26. The van der Waals surface area contributed by atoms with E-state index in [2.05, 4.69) is 39.8 Å². The van der Waals surface area contributed by atoms with E-state index in [9.17, 15) is 0 Å². The van der Waals surface area contributed by atoms with Gasteiger partial charge in [0.2, 0.25) is 0 Å². The molecule has 1 nitrogen and oxygen atoms in total. The van der Waals surface area contributed by atoms with Crippen LogP contribution in [0.25, 0.3) is 0 Å². The number of rotatable bonds is 2. The summed E-state index contributed by atoms with van der Waals surface area (Å²) in [4.78, 5) is 0. The normalized spacial score (nSPS) is 13.0. The molecule has 1 aromatic carbocycles. The Labute approximate surface area is 80.4 Å². The zero-order chi connectivity index (χ0) is 10.0. The lowest BCUT2D eigenvalue weighted by atomic mass is 9.92. The molecular weight excluding hydrogens is 160 g/mol. The molecule has 1 aromatic rings. The number of benzene rings is 1. The van der Waals surface area contributed by atoms with Crippen LogP contribution in [0.4, 0.5) is 0 Å².